The summed E-state index contributed by atoms with van der Waals surface area (Å²) in [6.07, 6.45) is 6.16. The first-order valence-corrected chi connectivity index (χ1v) is 6.61. The number of carbonyl (C=O) groups is 1. The van der Waals surface area contributed by atoms with Gasteiger partial charge in [-0.1, -0.05) is 20.3 Å². The molecule has 0 radical (unpaired) electrons. The second-order valence-electron chi connectivity index (χ2n) is 4.89. The van der Waals surface area contributed by atoms with Gasteiger partial charge < -0.3 is 10.4 Å². The molecule has 0 aromatic carbocycles. The molecule has 0 aromatic heterocycles. The van der Waals surface area contributed by atoms with E-state index in [1.165, 1.54) is 6.42 Å². The van der Waals surface area contributed by atoms with Crippen LogP contribution in [0.3, 0.4) is 0 Å². The summed E-state index contributed by atoms with van der Waals surface area (Å²) in [5.74, 6) is 0.342. The highest BCUT2D eigenvalue weighted by Gasteiger charge is 2.23. The summed E-state index contributed by atoms with van der Waals surface area (Å²) in [5.41, 5.74) is 0. The van der Waals surface area contributed by atoms with Crippen molar-refractivity contribution in [1.82, 2.24) is 5.32 Å². The quantitative estimate of drug-likeness (QED) is 0.730. The SMILES string of the molecule is CCC(=O)C[C@@H]1CCC[C@H](C[C@@H](O)CC)N1. The molecule has 0 aliphatic carbocycles. The molecule has 0 aromatic rings. The van der Waals surface area contributed by atoms with Crippen molar-refractivity contribution in [3.63, 3.8) is 0 Å². The van der Waals surface area contributed by atoms with Crippen LogP contribution in [0.25, 0.3) is 0 Å². The number of carbonyl (C=O) groups excluding carboxylic acids is 1. The number of nitrogens with one attached hydrogen (secondary N) is 1. The fourth-order valence-corrected chi connectivity index (χ4v) is 2.37. The van der Waals surface area contributed by atoms with Crippen LogP contribution in [-0.2, 0) is 4.79 Å². The van der Waals surface area contributed by atoms with Gasteiger partial charge in [0.25, 0.3) is 0 Å². The van der Waals surface area contributed by atoms with E-state index in [4.69, 9.17) is 0 Å². The van der Waals surface area contributed by atoms with Crippen molar-refractivity contribution in [2.75, 3.05) is 0 Å². The van der Waals surface area contributed by atoms with Gasteiger partial charge in [0.2, 0.25) is 0 Å². The Hall–Kier alpha value is -0.410. The third-order valence-corrected chi connectivity index (χ3v) is 3.47. The molecule has 2 N–H and O–H groups in total. The molecular formula is C13H25NO2. The first kappa shape index (κ1) is 13.7. The van der Waals surface area contributed by atoms with Crippen LogP contribution in [0.1, 0.15) is 58.8 Å². The van der Waals surface area contributed by atoms with E-state index in [2.05, 4.69) is 5.32 Å². The Balaban J connectivity index is 2.32. The molecule has 0 bridgehead atoms. The van der Waals surface area contributed by atoms with E-state index in [0.717, 1.165) is 25.7 Å². The monoisotopic (exact) mass is 227 g/mol. The molecule has 1 saturated heterocycles. The zero-order valence-electron chi connectivity index (χ0n) is 10.5. The lowest BCUT2D eigenvalue weighted by atomic mass is 9.91. The molecule has 3 nitrogen and oxygen atoms in total. The maximum Gasteiger partial charge on any atom is 0.134 e. The van der Waals surface area contributed by atoms with E-state index in [1.54, 1.807) is 0 Å². The Bertz CT molecular complexity index is 218. The second-order valence-corrected chi connectivity index (χ2v) is 4.89. The lowest BCUT2D eigenvalue weighted by Gasteiger charge is -2.31. The van der Waals surface area contributed by atoms with Crippen molar-refractivity contribution in [2.45, 2.75) is 77.0 Å². The summed E-state index contributed by atoms with van der Waals surface area (Å²) in [4.78, 5) is 11.4. The summed E-state index contributed by atoms with van der Waals surface area (Å²) >= 11 is 0. The van der Waals surface area contributed by atoms with E-state index >= 15 is 0 Å². The van der Waals surface area contributed by atoms with E-state index in [9.17, 15) is 9.90 Å². The fourth-order valence-electron chi connectivity index (χ4n) is 2.37. The minimum atomic E-state index is -0.196. The Morgan fingerprint density at radius 1 is 1.38 bits per heavy atom. The molecule has 94 valence electrons. The van der Waals surface area contributed by atoms with Gasteiger partial charge >= 0.3 is 0 Å². The number of aliphatic hydroxyl groups is 1. The largest absolute Gasteiger partial charge is 0.393 e. The summed E-state index contributed by atoms with van der Waals surface area (Å²) < 4.78 is 0. The van der Waals surface area contributed by atoms with Gasteiger partial charge in [-0.05, 0) is 25.7 Å². The third kappa shape index (κ3) is 4.62. The second kappa shape index (κ2) is 7.02. The molecular weight excluding hydrogens is 202 g/mol. The van der Waals surface area contributed by atoms with E-state index < -0.39 is 0 Å². The van der Waals surface area contributed by atoms with Crippen LogP contribution in [0.2, 0.25) is 0 Å². The third-order valence-electron chi connectivity index (χ3n) is 3.47. The van der Waals surface area contributed by atoms with Crippen LogP contribution >= 0.6 is 0 Å². The molecule has 1 fully saturated rings. The summed E-state index contributed by atoms with van der Waals surface area (Å²) in [7, 11) is 0. The molecule has 1 rings (SSSR count). The lowest BCUT2D eigenvalue weighted by Crippen LogP contribution is -2.44. The number of hydrogen-bond acceptors (Lipinski definition) is 3. The topological polar surface area (TPSA) is 49.3 Å². The van der Waals surface area contributed by atoms with E-state index in [0.29, 0.717) is 30.7 Å². The maximum absolute atomic E-state index is 11.4. The first-order chi connectivity index (χ1) is 7.65. The van der Waals surface area contributed by atoms with Crippen LogP contribution < -0.4 is 5.32 Å². The molecule has 1 aliphatic rings. The standard InChI is InChI=1S/C13H25NO2/c1-3-12(15)8-10-6-5-7-11(14-10)9-13(16)4-2/h10-12,14-15H,3-9H2,1-2H3/t10-,11+,12+/m1/s1. The maximum atomic E-state index is 11.4. The Kier molecular flexibility index (Phi) is 5.99. The van der Waals surface area contributed by atoms with Crippen molar-refractivity contribution in [3.8, 4) is 0 Å². The lowest BCUT2D eigenvalue weighted by molar-refractivity contribution is -0.119. The van der Waals surface area contributed by atoms with Gasteiger partial charge in [0.15, 0.2) is 0 Å². The zero-order valence-corrected chi connectivity index (χ0v) is 10.5. The smallest absolute Gasteiger partial charge is 0.134 e. The molecule has 0 saturated carbocycles. The average molecular weight is 227 g/mol. The number of rotatable bonds is 6. The highest BCUT2D eigenvalue weighted by Crippen LogP contribution is 2.19. The van der Waals surface area contributed by atoms with Gasteiger partial charge in [-0.15, -0.1) is 0 Å². The summed E-state index contributed by atoms with van der Waals surface area (Å²) in [5, 5.41) is 13.1. The predicted octanol–water partition coefficient (Wildman–Crippen LogP) is 2.03. The first-order valence-electron chi connectivity index (χ1n) is 6.61. The zero-order chi connectivity index (χ0) is 12.0. The van der Waals surface area contributed by atoms with Crippen molar-refractivity contribution >= 4 is 5.78 Å². The Morgan fingerprint density at radius 2 is 2.06 bits per heavy atom. The minimum absolute atomic E-state index is 0.196. The number of hydrogen-bond donors (Lipinski definition) is 2. The van der Waals surface area contributed by atoms with E-state index in [1.807, 2.05) is 13.8 Å². The van der Waals surface area contributed by atoms with Gasteiger partial charge in [-0.3, -0.25) is 4.79 Å². The molecule has 16 heavy (non-hydrogen) atoms. The van der Waals surface area contributed by atoms with Gasteiger partial charge in [-0.2, -0.15) is 0 Å². The molecule has 3 heteroatoms. The van der Waals surface area contributed by atoms with Gasteiger partial charge in [0, 0.05) is 24.9 Å². The van der Waals surface area contributed by atoms with Gasteiger partial charge in [0.05, 0.1) is 6.10 Å². The van der Waals surface area contributed by atoms with Gasteiger partial charge in [-0.25, -0.2) is 0 Å². The molecule has 1 heterocycles. The van der Waals surface area contributed by atoms with Crippen molar-refractivity contribution in [2.24, 2.45) is 0 Å². The van der Waals surface area contributed by atoms with Crippen LogP contribution in [0.4, 0.5) is 0 Å². The van der Waals surface area contributed by atoms with Crippen molar-refractivity contribution in [1.29, 1.82) is 0 Å². The highest BCUT2D eigenvalue weighted by molar-refractivity contribution is 5.78. The number of piperidine rings is 1. The predicted molar refractivity (Wildman–Crippen MR) is 65.4 cm³/mol. The van der Waals surface area contributed by atoms with Crippen LogP contribution in [0.5, 0.6) is 0 Å². The molecule has 3 atom stereocenters. The number of ketones is 1. The Morgan fingerprint density at radius 3 is 2.69 bits per heavy atom. The molecule has 0 unspecified atom stereocenters. The molecule has 1 aliphatic heterocycles. The highest BCUT2D eigenvalue weighted by atomic mass is 16.3. The van der Waals surface area contributed by atoms with Gasteiger partial charge in [0.1, 0.15) is 5.78 Å². The summed E-state index contributed by atoms with van der Waals surface area (Å²) in [6, 6.07) is 0.744. The number of Topliss-reactive ketones (excluding diaryl/α,β-unsaturated/α-hetero) is 1. The Labute approximate surface area is 98.6 Å². The van der Waals surface area contributed by atoms with Crippen LogP contribution in [-0.4, -0.2) is 29.1 Å². The molecule has 0 spiro atoms. The minimum Gasteiger partial charge on any atom is -0.393 e. The fraction of sp³-hybridized carbons (Fsp3) is 0.923. The normalized spacial score (nSPS) is 27.7. The molecule has 0 amide bonds. The van der Waals surface area contributed by atoms with Crippen molar-refractivity contribution in [3.05, 3.63) is 0 Å². The summed E-state index contributed by atoms with van der Waals surface area (Å²) in [6.45, 7) is 3.93. The number of aliphatic hydroxyl groups excluding tert-OH is 1. The van der Waals surface area contributed by atoms with Crippen LogP contribution in [0, 0.1) is 0 Å². The average Bonchev–Trinajstić information content (AvgIpc) is 2.29. The van der Waals surface area contributed by atoms with Crippen molar-refractivity contribution < 1.29 is 9.90 Å². The van der Waals surface area contributed by atoms with Crippen LogP contribution in [0.15, 0.2) is 0 Å². The van der Waals surface area contributed by atoms with E-state index in [-0.39, 0.29) is 6.10 Å².